The first-order valence-electron chi connectivity index (χ1n) is 8.58. The zero-order chi connectivity index (χ0) is 17.0. The molecule has 1 aliphatic rings. The summed E-state index contributed by atoms with van der Waals surface area (Å²) in [6.07, 6.45) is 4.53. The number of rotatable bonds is 4. The summed E-state index contributed by atoms with van der Waals surface area (Å²) in [5.41, 5.74) is 6.15. The van der Waals surface area contributed by atoms with Crippen LogP contribution in [0.25, 0.3) is 6.08 Å². The highest BCUT2D eigenvalue weighted by atomic mass is 28.3. The van der Waals surface area contributed by atoms with E-state index in [1.807, 2.05) is 0 Å². The van der Waals surface area contributed by atoms with Gasteiger partial charge in [0, 0.05) is 6.54 Å². The van der Waals surface area contributed by atoms with Gasteiger partial charge >= 0.3 is 0 Å². The van der Waals surface area contributed by atoms with Gasteiger partial charge in [-0.25, -0.2) is 0 Å². The average molecular weight is 332 g/mol. The fraction of sp³-hybridized carbons (Fsp3) is 0.273. The second-order valence-corrected chi connectivity index (χ2v) is 12.1. The molecule has 1 saturated heterocycles. The van der Waals surface area contributed by atoms with E-state index in [0.717, 1.165) is 6.54 Å². The van der Waals surface area contributed by atoms with E-state index in [0.29, 0.717) is 12.1 Å². The SMILES string of the molecule is C[Si](C)(C)C#C[C@H]1[C@H](/C=C/c2ccccc2)N1Cc1ccccc1. The van der Waals surface area contributed by atoms with Crippen molar-refractivity contribution in [3.63, 3.8) is 0 Å². The number of hydrogen-bond donors (Lipinski definition) is 0. The van der Waals surface area contributed by atoms with Crippen LogP contribution < -0.4 is 0 Å². The lowest BCUT2D eigenvalue weighted by atomic mass is 10.2. The molecule has 0 saturated carbocycles. The van der Waals surface area contributed by atoms with Crippen LogP contribution >= 0.6 is 0 Å². The molecule has 2 heteroatoms. The molecule has 2 aromatic rings. The van der Waals surface area contributed by atoms with Crippen molar-refractivity contribution in [1.82, 2.24) is 4.90 Å². The first kappa shape index (κ1) is 16.8. The zero-order valence-corrected chi connectivity index (χ0v) is 15.7. The molecule has 3 atom stereocenters. The second kappa shape index (κ2) is 7.21. The van der Waals surface area contributed by atoms with Gasteiger partial charge in [0.25, 0.3) is 0 Å². The maximum absolute atomic E-state index is 3.54. The minimum atomic E-state index is -1.33. The van der Waals surface area contributed by atoms with Crippen LogP contribution in [0.1, 0.15) is 11.1 Å². The molecule has 1 fully saturated rings. The number of benzene rings is 2. The van der Waals surface area contributed by atoms with Crippen molar-refractivity contribution in [3.8, 4) is 11.5 Å². The van der Waals surface area contributed by atoms with E-state index in [4.69, 9.17) is 0 Å². The third-order valence-corrected chi connectivity index (χ3v) is 4.96. The van der Waals surface area contributed by atoms with E-state index < -0.39 is 8.07 Å². The van der Waals surface area contributed by atoms with Crippen LogP contribution in [-0.4, -0.2) is 25.1 Å². The second-order valence-electron chi connectivity index (χ2n) is 7.38. The molecule has 0 aromatic heterocycles. The van der Waals surface area contributed by atoms with Crippen LogP contribution in [-0.2, 0) is 6.54 Å². The molecule has 122 valence electrons. The van der Waals surface area contributed by atoms with Gasteiger partial charge in [0.2, 0.25) is 0 Å². The van der Waals surface area contributed by atoms with Gasteiger partial charge in [0.1, 0.15) is 8.07 Å². The van der Waals surface area contributed by atoms with Gasteiger partial charge in [0.15, 0.2) is 0 Å². The topological polar surface area (TPSA) is 3.01 Å². The molecule has 24 heavy (non-hydrogen) atoms. The van der Waals surface area contributed by atoms with Crippen molar-refractivity contribution < 1.29 is 0 Å². The van der Waals surface area contributed by atoms with Gasteiger partial charge < -0.3 is 0 Å². The normalized spacial score (nSPS) is 22.9. The molecule has 0 aliphatic carbocycles. The largest absolute Gasteiger partial charge is 0.275 e. The molecule has 0 N–H and O–H groups in total. The Balaban J connectivity index is 1.73. The molecular weight excluding hydrogens is 306 g/mol. The summed E-state index contributed by atoms with van der Waals surface area (Å²) in [5.74, 6) is 3.54. The first-order chi connectivity index (χ1) is 11.5. The summed E-state index contributed by atoms with van der Waals surface area (Å²) in [5, 5.41) is 0. The van der Waals surface area contributed by atoms with E-state index in [2.05, 4.69) is 109 Å². The van der Waals surface area contributed by atoms with Crippen LogP contribution in [0.2, 0.25) is 19.6 Å². The zero-order valence-electron chi connectivity index (χ0n) is 14.7. The maximum atomic E-state index is 3.54. The van der Waals surface area contributed by atoms with Crippen molar-refractivity contribution >= 4 is 14.1 Å². The Labute approximate surface area is 147 Å². The fourth-order valence-corrected chi connectivity index (χ4v) is 3.32. The lowest BCUT2D eigenvalue weighted by molar-refractivity contribution is 0.512. The first-order valence-corrected chi connectivity index (χ1v) is 12.1. The summed E-state index contributed by atoms with van der Waals surface area (Å²) in [4.78, 5) is 2.47. The summed E-state index contributed by atoms with van der Waals surface area (Å²) < 4.78 is 0. The van der Waals surface area contributed by atoms with Gasteiger partial charge in [-0.2, -0.15) is 0 Å². The van der Waals surface area contributed by atoms with Crippen molar-refractivity contribution in [2.75, 3.05) is 0 Å². The molecular formula is C22H25NSi. The molecule has 1 heterocycles. The summed E-state index contributed by atoms with van der Waals surface area (Å²) >= 11 is 0. The summed E-state index contributed by atoms with van der Waals surface area (Å²) in [6.45, 7) is 7.88. The van der Waals surface area contributed by atoms with Crippen LogP contribution in [0, 0.1) is 11.5 Å². The van der Waals surface area contributed by atoms with Crippen molar-refractivity contribution in [2.24, 2.45) is 0 Å². The molecule has 0 amide bonds. The lowest BCUT2D eigenvalue weighted by Gasteiger charge is -2.04. The quantitative estimate of drug-likeness (QED) is 0.440. The maximum Gasteiger partial charge on any atom is 0.129 e. The Morgan fingerprint density at radius 1 is 0.958 bits per heavy atom. The third kappa shape index (κ3) is 4.71. The highest BCUT2D eigenvalue weighted by molar-refractivity contribution is 6.83. The minimum absolute atomic E-state index is 0.358. The molecule has 1 aliphatic heterocycles. The molecule has 0 radical (unpaired) electrons. The fourth-order valence-electron chi connectivity index (χ4n) is 2.74. The monoisotopic (exact) mass is 331 g/mol. The smallest absolute Gasteiger partial charge is 0.129 e. The van der Waals surface area contributed by atoms with Gasteiger partial charge in [-0.3, -0.25) is 4.90 Å². The van der Waals surface area contributed by atoms with E-state index in [1.165, 1.54) is 11.1 Å². The summed E-state index contributed by atoms with van der Waals surface area (Å²) in [7, 11) is -1.33. The molecule has 1 unspecified atom stereocenters. The molecule has 1 nitrogen and oxygen atoms in total. The van der Waals surface area contributed by atoms with Gasteiger partial charge in [-0.1, -0.05) is 98.4 Å². The lowest BCUT2D eigenvalue weighted by Crippen LogP contribution is -2.17. The predicted octanol–water partition coefficient (Wildman–Crippen LogP) is 4.83. The van der Waals surface area contributed by atoms with Crippen molar-refractivity contribution in [1.29, 1.82) is 0 Å². The average Bonchev–Trinajstić information content (AvgIpc) is 3.23. The standard InChI is InChI=1S/C22H25NSi/c1-24(2,3)17-16-22-21(15-14-19-10-6-4-7-11-19)23(22)18-20-12-8-5-9-13-20/h4-15,21-22H,18H2,1-3H3/b15-14+/t21-,22-,23?/m0/s1. The Kier molecular flexibility index (Phi) is 5.04. The Hall–Kier alpha value is -2.08. The van der Waals surface area contributed by atoms with Crippen LogP contribution in [0.15, 0.2) is 66.7 Å². The van der Waals surface area contributed by atoms with Crippen molar-refractivity contribution in [2.45, 2.75) is 38.3 Å². The van der Waals surface area contributed by atoms with Crippen LogP contribution in [0.3, 0.4) is 0 Å². The van der Waals surface area contributed by atoms with E-state index in [-0.39, 0.29) is 0 Å². The molecule has 0 spiro atoms. The Morgan fingerprint density at radius 3 is 2.21 bits per heavy atom. The van der Waals surface area contributed by atoms with Crippen LogP contribution in [0.4, 0.5) is 0 Å². The van der Waals surface area contributed by atoms with Crippen LogP contribution in [0.5, 0.6) is 0 Å². The van der Waals surface area contributed by atoms with E-state index >= 15 is 0 Å². The highest BCUT2D eigenvalue weighted by Gasteiger charge is 2.44. The predicted molar refractivity (Wildman–Crippen MR) is 106 cm³/mol. The van der Waals surface area contributed by atoms with E-state index in [1.54, 1.807) is 0 Å². The van der Waals surface area contributed by atoms with Gasteiger partial charge in [-0.05, 0) is 11.1 Å². The summed E-state index contributed by atoms with van der Waals surface area (Å²) in [6, 6.07) is 22.0. The molecule has 0 bridgehead atoms. The minimum Gasteiger partial charge on any atom is -0.275 e. The third-order valence-electron chi connectivity index (χ3n) is 4.06. The van der Waals surface area contributed by atoms with Crippen molar-refractivity contribution in [3.05, 3.63) is 77.9 Å². The molecule has 3 rings (SSSR count). The van der Waals surface area contributed by atoms with Gasteiger partial charge in [-0.15, -0.1) is 5.54 Å². The highest BCUT2D eigenvalue weighted by Crippen LogP contribution is 2.32. The molecule has 2 aromatic carbocycles. The van der Waals surface area contributed by atoms with E-state index in [9.17, 15) is 0 Å². The number of nitrogens with zero attached hydrogens (tertiary/aromatic N) is 1. The number of hydrogen-bond acceptors (Lipinski definition) is 1. The Bertz CT molecular complexity index is 747. The van der Waals surface area contributed by atoms with Gasteiger partial charge in [0.05, 0.1) is 12.1 Å². The Morgan fingerprint density at radius 2 is 1.58 bits per heavy atom.